The second kappa shape index (κ2) is 5.65. The molecule has 2 heterocycles. The van der Waals surface area contributed by atoms with Gasteiger partial charge in [-0.2, -0.15) is 0 Å². The summed E-state index contributed by atoms with van der Waals surface area (Å²) in [7, 11) is 0. The number of benzene rings is 1. The number of esters is 1. The number of imidazole rings is 1. The largest absolute Gasteiger partial charge is 0.461 e. The Kier molecular flexibility index (Phi) is 3.70. The van der Waals surface area contributed by atoms with Crippen molar-refractivity contribution in [2.24, 2.45) is 0 Å². The molecule has 106 valence electrons. The molecule has 2 aromatic heterocycles. The molecule has 0 spiro atoms. The van der Waals surface area contributed by atoms with E-state index >= 15 is 0 Å². The van der Waals surface area contributed by atoms with Crippen LogP contribution in [0.1, 0.15) is 17.4 Å². The molecule has 0 saturated heterocycles. The van der Waals surface area contributed by atoms with Crippen molar-refractivity contribution in [2.45, 2.75) is 6.92 Å². The first-order valence-electron chi connectivity index (χ1n) is 6.47. The van der Waals surface area contributed by atoms with Crippen LogP contribution in [0.15, 0.2) is 47.3 Å². The summed E-state index contributed by atoms with van der Waals surface area (Å²) in [6.45, 7) is 2.08. The zero-order chi connectivity index (χ0) is 14.8. The second-order valence-corrected chi connectivity index (χ2v) is 5.17. The van der Waals surface area contributed by atoms with E-state index < -0.39 is 5.97 Å². The highest BCUT2D eigenvalue weighted by molar-refractivity contribution is 9.10. The van der Waals surface area contributed by atoms with Crippen molar-refractivity contribution in [3.8, 4) is 11.3 Å². The number of aromatic nitrogens is 3. The van der Waals surface area contributed by atoms with Crippen LogP contribution in [0.4, 0.5) is 0 Å². The molecular weight excluding hydrogens is 334 g/mol. The van der Waals surface area contributed by atoms with Gasteiger partial charge in [-0.3, -0.25) is 0 Å². The number of ether oxygens (including phenoxy) is 1. The van der Waals surface area contributed by atoms with Crippen molar-refractivity contribution >= 4 is 27.5 Å². The summed E-state index contributed by atoms with van der Waals surface area (Å²) in [4.78, 5) is 20.6. The summed E-state index contributed by atoms with van der Waals surface area (Å²) < 4.78 is 7.42. The molecule has 0 amide bonds. The molecule has 0 bridgehead atoms. The lowest BCUT2D eigenvalue weighted by molar-refractivity contribution is 0.0520. The highest BCUT2D eigenvalue weighted by Crippen LogP contribution is 2.24. The Morgan fingerprint density at radius 3 is 2.71 bits per heavy atom. The average molecular weight is 346 g/mol. The maximum absolute atomic E-state index is 11.8. The van der Waals surface area contributed by atoms with Crippen molar-refractivity contribution in [1.29, 1.82) is 0 Å². The van der Waals surface area contributed by atoms with E-state index in [2.05, 4.69) is 25.9 Å². The first-order chi connectivity index (χ1) is 10.2. The zero-order valence-electron chi connectivity index (χ0n) is 11.3. The van der Waals surface area contributed by atoms with Crippen molar-refractivity contribution in [3.05, 3.63) is 53.0 Å². The minimum absolute atomic E-state index is 0.272. The van der Waals surface area contributed by atoms with Crippen LogP contribution in [0.25, 0.3) is 16.9 Å². The van der Waals surface area contributed by atoms with E-state index in [-0.39, 0.29) is 5.69 Å². The van der Waals surface area contributed by atoms with Gasteiger partial charge in [-0.15, -0.1) is 0 Å². The fraction of sp³-hybridized carbons (Fsp3) is 0.133. The number of nitrogens with zero attached hydrogens (tertiary/aromatic N) is 3. The molecule has 0 N–H and O–H groups in total. The summed E-state index contributed by atoms with van der Waals surface area (Å²) in [6.07, 6.45) is 3.41. The summed E-state index contributed by atoms with van der Waals surface area (Å²) >= 11 is 3.38. The maximum Gasteiger partial charge on any atom is 0.358 e. The minimum atomic E-state index is -0.434. The SMILES string of the molecule is CCOC(=O)c1cn2cc(Br)nc(-c3ccccc3)c2n1. The van der Waals surface area contributed by atoms with Gasteiger partial charge in [0.05, 0.1) is 6.61 Å². The minimum Gasteiger partial charge on any atom is -0.461 e. The van der Waals surface area contributed by atoms with Gasteiger partial charge in [0.15, 0.2) is 11.3 Å². The Hall–Kier alpha value is -2.21. The third kappa shape index (κ3) is 2.67. The molecule has 3 rings (SSSR count). The number of halogens is 1. The standard InChI is InChI=1S/C15H12BrN3O2/c1-2-21-15(20)11-8-19-9-12(16)18-13(14(19)17-11)10-6-4-3-5-7-10/h3-9H,2H2,1H3. The summed E-state index contributed by atoms with van der Waals surface area (Å²) in [5, 5.41) is 0. The Bertz CT molecular complexity index is 799. The first-order valence-corrected chi connectivity index (χ1v) is 7.26. The summed E-state index contributed by atoms with van der Waals surface area (Å²) in [6, 6.07) is 9.71. The van der Waals surface area contributed by atoms with Crippen LogP contribution in [-0.2, 0) is 4.74 Å². The highest BCUT2D eigenvalue weighted by atomic mass is 79.9. The molecule has 1 aromatic carbocycles. The number of hydrogen-bond donors (Lipinski definition) is 0. The van der Waals surface area contributed by atoms with Crippen LogP contribution in [0, 0.1) is 0 Å². The molecule has 5 nitrogen and oxygen atoms in total. The Morgan fingerprint density at radius 2 is 2.00 bits per heavy atom. The zero-order valence-corrected chi connectivity index (χ0v) is 12.9. The molecule has 0 atom stereocenters. The molecule has 21 heavy (non-hydrogen) atoms. The predicted octanol–water partition coefficient (Wildman–Crippen LogP) is 3.34. The van der Waals surface area contributed by atoms with E-state index in [1.807, 2.05) is 30.3 Å². The van der Waals surface area contributed by atoms with Gasteiger partial charge in [0, 0.05) is 18.0 Å². The quantitative estimate of drug-likeness (QED) is 0.683. The van der Waals surface area contributed by atoms with Gasteiger partial charge in [-0.25, -0.2) is 14.8 Å². The number of fused-ring (bicyclic) bond motifs is 1. The first kappa shape index (κ1) is 13.8. The van der Waals surface area contributed by atoms with E-state index in [0.717, 1.165) is 5.56 Å². The number of carbonyl (C=O) groups is 1. The van der Waals surface area contributed by atoms with E-state index in [1.54, 1.807) is 23.7 Å². The monoisotopic (exact) mass is 345 g/mol. The average Bonchev–Trinajstić information content (AvgIpc) is 2.91. The smallest absolute Gasteiger partial charge is 0.358 e. The van der Waals surface area contributed by atoms with Crippen LogP contribution < -0.4 is 0 Å². The highest BCUT2D eigenvalue weighted by Gasteiger charge is 2.16. The van der Waals surface area contributed by atoms with Crippen molar-refractivity contribution in [1.82, 2.24) is 14.4 Å². The van der Waals surface area contributed by atoms with Gasteiger partial charge < -0.3 is 9.14 Å². The Labute approximate surface area is 129 Å². The predicted molar refractivity (Wildman–Crippen MR) is 82.1 cm³/mol. The number of hydrogen-bond acceptors (Lipinski definition) is 4. The second-order valence-electron chi connectivity index (χ2n) is 4.36. The molecule has 0 aliphatic carbocycles. The normalized spacial score (nSPS) is 10.8. The molecule has 3 aromatic rings. The van der Waals surface area contributed by atoms with E-state index in [9.17, 15) is 4.79 Å². The summed E-state index contributed by atoms with van der Waals surface area (Å²) in [5.41, 5.74) is 2.53. The van der Waals surface area contributed by atoms with Gasteiger partial charge in [0.25, 0.3) is 0 Å². The lowest BCUT2D eigenvalue weighted by Gasteiger charge is -2.03. The maximum atomic E-state index is 11.8. The van der Waals surface area contributed by atoms with Gasteiger partial charge >= 0.3 is 5.97 Å². The molecule has 6 heteroatoms. The lowest BCUT2D eigenvalue weighted by Crippen LogP contribution is -2.04. The van der Waals surface area contributed by atoms with E-state index in [0.29, 0.717) is 22.6 Å². The lowest BCUT2D eigenvalue weighted by atomic mass is 10.1. The van der Waals surface area contributed by atoms with Crippen LogP contribution in [0.5, 0.6) is 0 Å². The molecule has 0 saturated carbocycles. The molecular formula is C15H12BrN3O2. The Balaban J connectivity index is 2.18. The third-order valence-electron chi connectivity index (χ3n) is 2.94. The topological polar surface area (TPSA) is 56.5 Å². The van der Waals surface area contributed by atoms with Crippen molar-refractivity contribution < 1.29 is 9.53 Å². The van der Waals surface area contributed by atoms with Crippen molar-refractivity contribution in [3.63, 3.8) is 0 Å². The number of carbonyl (C=O) groups excluding carboxylic acids is 1. The van der Waals surface area contributed by atoms with Crippen LogP contribution in [0.3, 0.4) is 0 Å². The third-order valence-corrected chi connectivity index (χ3v) is 3.32. The molecule has 0 radical (unpaired) electrons. The van der Waals surface area contributed by atoms with Crippen LogP contribution in [-0.4, -0.2) is 26.9 Å². The van der Waals surface area contributed by atoms with Gasteiger partial charge in [-0.05, 0) is 22.9 Å². The summed E-state index contributed by atoms with van der Waals surface area (Å²) in [5.74, 6) is -0.434. The molecule has 0 aliphatic heterocycles. The van der Waals surface area contributed by atoms with E-state index in [1.165, 1.54) is 0 Å². The van der Waals surface area contributed by atoms with Crippen LogP contribution >= 0.6 is 15.9 Å². The number of rotatable bonds is 3. The van der Waals surface area contributed by atoms with Crippen LogP contribution in [0.2, 0.25) is 0 Å². The fourth-order valence-corrected chi connectivity index (χ4v) is 2.46. The van der Waals surface area contributed by atoms with Gasteiger partial charge in [-0.1, -0.05) is 30.3 Å². The molecule has 0 aliphatic rings. The Morgan fingerprint density at radius 1 is 1.24 bits per heavy atom. The van der Waals surface area contributed by atoms with Gasteiger partial charge in [0.2, 0.25) is 0 Å². The fourth-order valence-electron chi connectivity index (χ4n) is 2.06. The van der Waals surface area contributed by atoms with E-state index in [4.69, 9.17) is 4.74 Å². The molecule has 0 unspecified atom stereocenters. The van der Waals surface area contributed by atoms with Gasteiger partial charge in [0.1, 0.15) is 10.3 Å². The van der Waals surface area contributed by atoms with Crippen molar-refractivity contribution in [2.75, 3.05) is 6.61 Å². The molecule has 0 fully saturated rings.